The fourth-order valence-electron chi connectivity index (χ4n) is 4.53. The number of carbonyl (C=O) groups is 2. The summed E-state index contributed by atoms with van der Waals surface area (Å²) in [7, 11) is 0. The summed E-state index contributed by atoms with van der Waals surface area (Å²) in [5.41, 5.74) is 0.200. The summed E-state index contributed by atoms with van der Waals surface area (Å²) in [6, 6.07) is 9.69. The molecule has 1 saturated heterocycles. The van der Waals surface area contributed by atoms with E-state index in [0.29, 0.717) is 44.0 Å². The number of benzene rings is 2. The number of nitrogens with one attached hydrogen (secondary N) is 2. The van der Waals surface area contributed by atoms with Crippen LogP contribution in [0, 0.1) is 11.8 Å². The molecule has 0 saturated carbocycles. The highest BCUT2D eigenvalue weighted by Gasteiger charge is 2.33. The number of halogens is 3. The van der Waals surface area contributed by atoms with E-state index < -0.39 is 17.8 Å². The summed E-state index contributed by atoms with van der Waals surface area (Å²) in [4.78, 5) is 26.9. The minimum atomic E-state index is -4.48. The van der Waals surface area contributed by atoms with Crippen molar-refractivity contribution in [2.24, 2.45) is 11.8 Å². The monoisotopic (exact) mass is 491 g/mol. The maximum atomic E-state index is 12.9. The van der Waals surface area contributed by atoms with Crippen molar-refractivity contribution >= 4 is 17.6 Å². The first-order valence-corrected chi connectivity index (χ1v) is 11.6. The van der Waals surface area contributed by atoms with Crippen LogP contribution in [0.25, 0.3) is 0 Å². The lowest BCUT2D eigenvalue weighted by atomic mass is 9.81. The molecular weight excluding hydrogens is 463 g/mol. The third-order valence-corrected chi connectivity index (χ3v) is 6.52. The molecule has 2 atom stereocenters. The number of amides is 3. The van der Waals surface area contributed by atoms with Gasteiger partial charge < -0.3 is 25.0 Å². The smallest absolute Gasteiger partial charge is 0.416 e. The van der Waals surface area contributed by atoms with Crippen LogP contribution in [-0.2, 0) is 17.5 Å². The van der Waals surface area contributed by atoms with Crippen molar-refractivity contribution in [3.63, 3.8) is 0 Å². The SMILES string of the molecule is CC[C@H]1CN(C(=O)Nc2cccc(C(F)(F)F)c2)CC[C@H]1CC(=O)NCc1ccc2c(c1)OCO2. The Hall–Kier alpha value is -3.43. The number of fused-ring (bicyclic) bond motifs is 1. The highest BCUT2D eigenvalue weighted by Crippen LogP contribution is 2.33. The molecule has 35 heavy (non-hydrogen) atoms. The van der Waals surface area contributed by atoms with Gasteiger partial charge >= 0.3 is 12.2 Å². The Labute approximate surface area is 201 Å². The van der Waals surface area contributed by atoms with Crippen molar-refractivity contribution in [1.29, 1.82) is 0 Å². The van der Waals surface area contributed by atoms with Crippen molar-refractivity contribution in [1.82, 2.24) is 10.2 Å². The number of likely N-dealkylation sites (tertiary alicyclic amines) is 1. The lowest BCUT2D eigenvalue weighted by molar-refractivity contribution is -0.137. The van der Waals surface area contributed by atoms with Gasteiger partial charge in [0.1, 0.15) is 0 Å². The number of anilines is 1. The van der Waals surface area contributed by atoms with Crippen molar-refractivity contribution in [3.8, 4) is 11.5 Å². The van der Waals surface area contributed by atoms with Crippen molar-refractivity contribution in [2.75, 3.05) is 25.2 Å². The normalized spacial score (nSPS) is 19.4. The topological polar surface area (TPSA) is 79.9 Å². The summed E-state index contributed by atoms with van der Waals surface area (Å²) < 4.78 is 49.5. The van der Waals surface area contributed by atoms with E-state index in [1.165, 1.54) is 12.1 Å². The molecule has 0 spiro atoms. The average molecular weight is 492 g/mol. The first-order chi connectivity index (χ1) is 16.7. The molecule has 2 N–H and O–H groups in total. The molecule has 2 aliphatic heterocycles. The van der Waals surface area contributed by atoms with E-state index in [1.54, 1.807) is 4.90 Å². The predicted octanol–water partition coefficient (Wildman–Crippen LogP) is 5.02. The van der Waals surface area contributed by atoms with Gasteiger partial charge in [-0.2, -0.15) is 13.2 Å². The van der Waals surface area contributed by atoms with E-state index in [0.717, 1.165) is 24.1 Å². The van der Waals surface area contributed by atoms with Gasteiger partial charge in [-0.05, 0) is 54.2 Å². The molecule has 0 radical (unpaired) electrons. The Morgan fingerprint density at radius 3 is 2.66 bits per heavy atom. The van der Waals surface area contributed by atoms with Gasteiger partial charge in [-0.1, -0.05) is 25.5 Å². The third-order valence-electron chi connectivity index (χ3n) is 6.52. The second-order valence-corrected chi connectivity index (χ2v) is 8.84. The van der Waals surface area contributed by atoms with Crippen LogP contribution >= 0.6 is 0 Å². The van der Waals surface area contributed by atoms with E-state index >= 15 is 0 Å². The molecule has 0 bridgehead atoms. The van der Waals surface area contributed by atoms with Crippen LogP contribution < -0.4 is 20.1 Å². The van der Waals surface area contributed by atoms with E-state index in [4.69, 9.17) is 9.47 Å². The molecule has 0 unspecified atom stereocenters. The molecule has 1 fully saturated rings. The minimum Gasteiger partial charge on any atom is -0.454 e. The van der Waals surface area contributed by atoms with E-state index in [9.17, 15) is 22.8 Å². The second-order valence-electron chi connectivity index (χ2n) is 8.84. The van der Waals surface area contributed by atoms with Crippen molar-refractivity contribution < 1.29 is 32.2 Å². The Bertz CT molecular complexity index is 1080. The van der Waals surface area contributed by atoms with Crippen LogP contribution in [0.3, 0.4) is 0 Å². The molecule has 2 heterocycles. The van der Waals surface area contributed by atoms with E-state index in [2.05, 4.69) is 10.6 Å². The molecule has 2 aromatic carbocycles. The van der Waals surface area contributed by atoms with Gasteiger partial charge in [-0.15, -0.1) is 0 Å². The molecular formula is C25H28F3N3O4. The molecule has 2 aromatic rings. The van der Waals surface area contributed by atoms with E-state index in [-0.39, 0.29) is 30.2 Å². The molecule has 188 valence electrons. The van der Waals surface area contributed by atoms with Crippen LogP contribution in [-0.4, -0.2) is 36.7 Å². The molecule has 3 amide bonds. The van der Waals surface area contributed by atoms with Crippen LogP contribution in [0.15, 0.2) is 42.5 Å². The summed E-state index contributed by atoms with van der Waals surface area (Å²) in [6.45, 7) is 3.46. The molecule has 7 nitrogen and oxygen atoms in total. The number of hydrogen-bond acceptors (Lipinski definition) is 4. The highest BCUT2D eigenvalue weighted by molar-refractivity contribution is 5.89. The van der Waals surface area contributed by atoms with Crippen LogP contribution in [0.4, 0.5) is 23.7 Å². The summed E-state index contributed by atoms with van der Waals surface area (Å²) >= 11 is 0. The van der Waals surface area contributed by atoms with Gasteiger partial charge in [0.25, 0.3) is 0 Å². The fourth-order valence-corrected chi connectivity index (χ4v) is 4.53. The first kappa shape index (κ1) is 24.7. The van der Waals surface area contributed by atoms with Gasteiger partial charge in [0, 0.05) is 31.7 Å². The molecule has 10 heteroatoms. The number of rotatable bonds is 6. The number of ether oxygens (including phenoxy) is 2. The average Bonchev–Trinajstić information content (AvgIpc) is 3.30. The molecule has 0 aliphatic carbocycles. The number of carbonyl (C=O) groups excluding carboxylic acids is 2. The Morgan fingerprint density at radius 1 is 1.09 bits per heavy atom. The van der Waals surface area contributed by atoms with Gasteiger partial charge in [0.2, 0.25) is 12.7 Å². The molecule has 0 aromatic heterocycles. The number of nitrogens with zero attached hydrogens (tertiary/aromatic N) is 1. The molecule has 4 rings (SSSR count). The zero-order chi connectivity index (χ0) is 25.0. The summed E-state index contributed by atoms with van der Waals surface area (Å²) in [5.74, 6) is 1.53. The highest BCUT2D eigenvalue weighted by atomic mass is 19.4. The van der Waals surface area contributed by atoms with Crippen LogP contribution in [0.2, 0.25) is 0 Å². The zero-order valence-electron chi connectivity index (χ0n) is 19.4. The second kappa shape index (κ2) is 10.5. The Morgan fingerprint density at radius 2 is 1.89 bits per heavy atom. The Balaban J connectivity index is 1.27. The third kappa shape index (κ3) is 6.17. The predicted molar refractivity (Wildman–Crippen MR) is 123 cm³/mol. The number of urea groups is 1. The van der Waals surface area contributed by atoms with Gasteiger partial charge in [-0.25, -0.2) is 4.79 Å². The van der Waals surface area contributed by atoms with Crippen molar-refractivity contribution in [2.45, 2.75) is 38.9 Å². The number of alkyl halides is 3. The number of hydrogen-bond donors (Lipinski definition) is 2. The van der Waals surface area contributed by atoms with Crippen LogP contribution in [0.5, 0.6) is 11.5 Å². The summed E-state index contributed by atoms with van der Waals surface area (Å²) in [6.07, 6.45) is -2.69. The molecule has 2 aliphatic rings. The largest absolute Gasteiger partial charge is 0.454 e. The first-order valence-electron chi connectivity index (χ1n) is 11.6. The number of piperidine rings is 1. The fraction of sp³-hybridized carbons (Fsp3) is 0.440. The van der Waals surface area contributed by atoms with Gasteiger partial charge in [0.15, 0.2) is 11.5 Å². The Kier molecular flexibility index (Phi) is 7.37. The van der Waals surface area contributed by atoms with Gasteiger partial charge in [-0.3, -0.25) is 4.79 Å². The standard InChI is InChI=1S/C25H28F3N3O4/c1-2-17-14-31(24(33)30-20-5-3-4-19(12-20)25(26,27)28)9-8-18(17)11-23(32)29-13-16-6-7-21-22(10-16)35-15-34-21/h3-7,10,12,17-18H,2,8-9,11,13-15H2,1H3,(H,29,32)(H,30,33)/t17-,18-/m0/s1. The maximum Gasteiger partial charge on any atom is 0.416 e. The zero-order valence-corrected chi connectivity index (χ0v) is 19.4. The lowest BCUT2D eigenvalue weighted by Crippen LogP contribution is -2.46. The minimum absolute atomic E-state index is 0.0621. The van der Waals surface area contributed by atoms with E-state index in [1.807, 2.05) is 25.1 Å². The van der Waals surface area contributed by atoms with Crippen LogP contribution in [0.1, 0.15) is 37.3 Å². The van der Waals surface area contributed by atoms with Crippen molar-refractivity contribution in [3.05, 3.63) is 53.6 Å². The maximum absolute atomic E-state index is 12.9. The lowest BCUT2D eigenvalue weighted by Gasteiger charge is -2.38. The van der Waals surface area contributed by atoms with Gasteiger partial charge in [0.05, 0.1) is 5.56 Å². The quantitative estimate of drug-likeness (QED) is 0.595. The summed E-state index contributed by atoms with van der Waals surface area (Å²) in [5, 5.41) is 5.52.